The van der Waals surface area contributed by atoms with Crippen molar-refractivity contribution in [3.63, 3.8) is 0 Å². The van der Waals surface area contributed by atoms with Gasteiger partial charge < -0.3 is 20.3 Å². The number of ether oxygens (including phenoxy) is 1. The van der Waals surface area contributed by atoms with Crippen molar-refractivity contribution < 1.29 is 19.7 Å². The van der Waals surface area contributed by atoms with Crippen LogP contribution in [0.2, 0.25) is 5.02 Å². The number of halogens is 1. The maximum absolute atomic E-state index is 12.8. The van der Waals surface area contributed by atoms with Crippen LogP contribution < -0.4 is 5.32 Å². The van der Waals surface area contributed by atoms with Crippen LogP contribution in [-0.2, 0) is 24.1 Å². The van der Waals surface area contributed by atoms with Gasteiger partial charge in [-0.25, -0.2) is 0 Å². The van der Waals surface area contributed by atoms with Crippen LogP contribution in [-0.4, -0.2) is 46.1 Å². The number of nitrogens with zero attached hydrogens (tertiary/aromatic N) is 2. The highest BCUT2D eigenvalue weighted by atomic mass is 35.5. The first kappa shape index (κ1) is 24.0. The topological polar surface area (TPSA) is 105 Å². The molecule has 0 bridgehead atoms. The predicted octanol–water partition coefficient (Wildman–Crippen LogP) is 3.43. The van der Waals surface area contributed by atoms with E-state index in [1.807, 2.05) is 24.3 Å². The smallest absolute Gasteiger partial charge is 0.275 e. The van der Waals surface area contributed by atoms with Crippen LogP contribution in [0, 0.1) is 17.8 Å². The average Bonchev–Trinajstić information content (AvgIpc) is 2.85. The van der Waals surface area contributed by atoms with Crippen LogP contribution in [0.15, 0.2) is 36.4 Å². The third-order valence-electron chi connectivity index (χ3n) is 5.91. The van der Waals surface area contributed by atoms with E-state index in [4.69, 9.17) is 21.4 Å². The number of aromatic hydroxyl groups is 1. The van der Waals surface area contributed by atoms with Crippen molar-refractivity contribution in [1.82, 2.24) is 15.5 Å². The van der Waals surface area contributed by atoms with Crippen LogP contribution in [0.1, 0.15) is 40.0 Å². The van der Waals surface area contributed by atoms with Crippen LogP contribution in [0.5, 0.6) is 5.75 Å². The molecule has 0 unspecified atom stereocenters. The fourth-order valence-corrected chi connectivity index (χ4v) is 4.23. The Kier molecular flexibility index (Phi) is 7.96. The van der Waals surface area contributed by atoms with Crippen molar-refractivity contribution >= 4 is 28.4 Å². The summed E-state index contributed by atoms with van der Waals surface area (Å²) in [4.78, 5) is 12.8. The number of carbonyl (C=O) groups excluding carboxylic acids is 1. The number of hydrogen-bond donors (Lipinski definition) is 3. The molecule has 1 fully saturated rings. The zero-order chi connectivity index (χ0) is 23.9. The number of aliphatic hydroxyl groups excluding tert-OH is 1. The fraction of sp³-hybridized carbons (Fsp3) is 0.346. The molecular formula is C26H26ClN3O4. The number of hydrogen-bond acceptors (Lipinski definition) is 6. The van der Waals surface area contributed by atoms with Gasteiger partial charge in [-0.3, -0.25) is 4.79 Å². The van der Waals surface area contributed by atoms with Crippen LogP contribution >= 0.6 is 11.6 Å². The second kappa shape index (κ2) is 11.3. The highest BCUT2D eigenvalue weighted by molar-refractivity contribution is 6.30. The van der Waals surface area contributed by atoms with E-state index in [1.165, 1.54) is 0 Å². The lowest BCUT2D eigenvalue weighted by atomic mass is 9.90. The van der Waals surface area contributed by atoms with Gasteiger partial charge in [0.2, 0.25) is 0 Å². The van der Waals surface area contributed by atoms with Crippen molar-refractivity contribution in [2.24, 2.45) is 5.92 Å². The Morgan fingerprint density at radius 3 is 2.62 bits per heavy atom. The summed E-state index contributed by atoms with van der Waals surface area (Å²) in [7, 11) is 0. The molecule has 2 heterocycles. The van der Waals surface area contributed by atoms with E-state index in [0.29, 0.717) is 28.3 Å². The molecule has 0 saturated carbocycles. The fourth-order valence-electron chi connectivity index (χ4n) is 4.11. The summed E-state index contributed by atoms with van der Waals surface area (Å²) in [5, 5.41) is 32.1. The normalized spacial score (nSPS) is 13.9. The Bertz CT molecular complexity index is 1230. The van der Waals surface area contributed by atoms with Gasteiger partial charge in [-0.2, -0.15) is 0 Å². The predicted molar refractivity (Wildman–Crippen MR) is 130 cm³/mol. The van der Waals surface area contributed by atoms with Crippen molar-refractivity contribution in [3.05, 3.63) is 63.8 Å². The van der Waals surface area contributed by atoms with Gasteiger partial charge in [0.05, 0.1) is 0 Å². The van der Waals surface area contributed by atoms with Gasteiger partial charge >= 0.3 is 0 Å². The highest BCUT2D eigenvalue weighted by Gasteiger charge is 2.21. The minimum absolute atomic E-state index is 0.128. The van der Waals surface area contributed by atoms with E-state index in [-0.39, 0.29) is 24.6 Å². The van der Waals surface area contributed by atoms with Gasteiger partial charge in [0.15, 0.2) is 11.4 Å². The standard InChI is InChI=1S/C26H26ClN3O4/c27-21-6-4-18(5-7-21)16-28-26(33)24-25(32)22-15-19(13-17-8-11-34-12-9-17)14-20(3-1-2-10-31)23(22)29-30-24/h4-7,14-15,17,31H,3,8-13,16H2,(H,28,33)(H,29,32). The lowest BCUT2D eigenvalue weighted by molar-refractivity contribution is 0.0665. The van der Waals surface area contributed by atoms with E-state index in [9.17, 15) is 9.90 Å². The van der Waals surface area contributed by atoms with E-state index in [1.54, 1.807) is 12.1 Å². The first-order chi connectivity index (χ1) is 16.5. The molecule has 0 aliphatic carbocycles. The third-order valence-corrected chi connectivity index (χ3v) is 6.16. The molecule has 176 valence electrons. The van der Waals surface area contributed by atoms with E-state index >= 15 is 0 Å². The first-order valence-electron chi connectivity index (χ1n) is 11.2. The first-order valence-corrected chi connectivity index (χ1v) is 11.6. The number of aromatic nitrogens is 2. The Labute approximate surface area is 203 Å². The minimum atomic E-state index is -0.515. The number of nitrogens with one attached hydrogen (secondary N) is 1. The molecule has 0 atom stereocenters. The van der Waals surface area contributed by atoms with Gasteiger partial charge in [-0.1, -0.05) is 41.6 Å². The minimum Gasteiger partial charge on any atom is -0.505 e. The maximum Gasteiger partial charge on any atom is 0.275 e. The van der Waals surface area contributed by atoms with Crippen molar-refractivity contribution in [3.8, 4) is 17.6 Å². The zero-order valence-corrected chi connectivity index (χ0v) is 19.4. The number of aliphatic hydroxyl groups is 1. The monoisotopic (exact) mass is 479 g/mol. The molecule has 1 aliphatic rings. The van der Waals surface area contributed by atoms with E-state index in [0.717, 1.165) is 49.2 Å². The Morgan fingerprint density at radius 1 is 1.12 bits per heavy atom. The summed E-state index contributed by atoms with van der Waals surface area (Å²) >= 11 is 5.91. The van der Waals surface area contributed by atoms with Crippen molar-refractivity contribution in [2.45, 2.75) is 32.2 Å². The summed E-state index contributed by atoms with van der Waals surface area (Å²) in [5.41, 5.74) is 3.08. The second-order valence-electron chi connectivity index (χ2n) is 8.31. The SMILES string of the molecule is O=C(NCc1ccc(Cl)cc1)c1nnc2c(CC#CCO)cc(CC3CCOCC3)cc2c1O. The number of amides is 1. The maximum atomic E-state index is 12.8. The summed E-state index contributed by atoms with van der Waals surface area (Å²) in [6.07, 6.45) is 3.15. The van der Waals surface area contributed by atoms with E-state index in [2.05, 4.69) is 27.4 Å². The summed E-state index contributed by atoms with van der Waals surface area (Å²) in [6, 6.07) is 11.0. The number of carbonyl (C=O) groups is 1. The molecular weight excluding hydrogens is 454 g/mol. The van der Waals surface area contributed by atoms with Crippen molar-refractivity contribution in [1.29, 1.82) is 0 Å². The highest BCUT2D eigenvalue weighted by Crippen LogP contribution is 2.31. The summed E-state index contributed by atoms with van der Waals surface area (Å²) in [6.45, 7) is 1.54. The Hall–Kier alpha value is -3.18. The van der Waals surface area contributed by atoms with Crippen LogP contribution in [0.25, 0.3) is 10.9 Å². The number of rotatable bonds is 6. The average molecular weight is 480 g/mol. The quantitative estimate of drug-likeness (QED) is 0.468. The molecule has 3 aromatic rings. The molecule has 34 heavy (non-hydrogen) atoms. The third kappa shape index (κ3) is 5.84. The molecule has 0 radical (unpaired) electrons. The van der Waals surface area contributed by atoms with Gasteiger partial charge in [0, 0.05) is 36.6 Å². The molecule has 4 rings (SSSR count). The van der Waals surface area contributed by atoms with Crippen LogP contribution in [0.3, 0.4) is 0 Å². The van der Waals surface area contributed by atoms with Crippen LogP contribution in [0.4, 0.5) is 0 Å². The lowest BCUT2D eigenvalue weighted by Crippen LogP contribution is -2.24. The van der Waals surface area contributed by atoms with Gasteiger partial charge in [0.1, 0.15) is 12.1 Å². The molecule has 3 N–H and O–H groups in total. The molecule has 8 heteroatoms. The molecule has 1 aromatic heterocycles. The lowest BCUT2D eigenvalue weighted by Gasteiger charge is -2.22. The summed E-state index contributed by atoms with van der Waals surface area (Å²) in [5.74, 6) is 5.33. The summed E-state index contributed by atoms with van der Waals surface area (Å²) < 4.78 is 5.47. The molecule has 1 amide bonds. The van der Waals surface area contributed by atoms with Gasteiger partial charge in [0.25, 0.3) is 5.91 Å². The molecule has 1 aliphatic heterocycles. The van der Waals surface area contributed by atoms with Crippen molar-refractivity contribution in [2.75, 3.05) is 19.8 Å². The van der Waals surface area contributed by atoms with Gasteiger partial charge in [-0.15, -0.1) is 10.2 Å². The Balaban J connectivity index is 1.63. The molecule has 0 spiro atoms. The largest absolute Gasteiger partial charge is 0.505 e. The second-order valence-corrected chi connectivity index (χ2v) is 8.74. The number of benzene rings is 2. The molecule has 2 aromatic carbocycles. The number of fused-ring (bicyclic) bond motifs is 1. The van der Waals surface area contributed by atoms with E-state index < -0.39 is 5.91 Å². The van der Waals surface area contributed by atoms with Gasteiger partial charge in [-0.05, 0) is 60.1 Å². The molecule has 1 saturated heterocycles. The Morgan fingerprint density at radius 2 is 1.88 bits per heavy atom. The molecule has 7 nitrogen and oxygen atoms in total. The zero-order valence-electron chi connectivity index (χ0n) is 18.7.